The summed E-state index contributed by atoms with van der Waals surface area (Å²) in [6.45, 7) is 0. The Hall–Kier alpha value is -1.40. The summed E-state index contributed by atoms with van der Waals surface area (Å²) < 4.78 is 34.2. The standard InChI is InChI=1S/C7H6NO.CH4O3S/c1-2-4-8-5-6-9-7(8)3-1;1-5(2,3)4/h1-6H;1H3,(H,2,3,4)/q+1;/p-1. The number of aromatic nitrogens is 1. The Morgan fingerprint density at radius 3 is 2.57 bits per heavy atom. The number of oxazole rings is 1. The third-order valence-corrected chi connectivity index (χ3v) is 1.26. The zero-order valence-electron chi connectivity index (χ0n) is 7.45. The lowest BCUT2D eigenvalue weighted by molar-refractivity contribution is -0.513. The summed E-state index contributed by atoms with van der Waals surface area (Å²) in [4.78, 5) is 0. The van der Waals surface area contributed by atoms with Gasteiger partial charge >= 0.3 is 5.71 Å². The van der Waals surface area contributed by atoms with Gasteiger partial charge in [0.15, 0.2) is 12.5 Å². The summed E-state index contributed by atoms with van der Waals surface area (Å²) in [6.07, 6.45) is 6.08. The molecule has 0 aliphatic heterocycles. The third-order valence-electron chi connectivity index (χ3n) is 1.26. The minimum Gasteiger partial charge on any atom is -0.748 e. The largest absolute Gasteiger partial charge is 0.748 e. The van der Waals surface area contributed by atoms with E-state index in [1.807, 2.05) is 35.0 Å². The van der Waals surface area contributed by atoms with Crippen LogP contribution in [0.1, 0.15) is 0 Å². The molecule has 0 fully saturated rings. The lowest BCUT2D eigenvalue weighted by Crippen LogP contribution is -2.15. The van der Waals surface area contributed by atoms with Crippen molar-refractivity contribution in [3.8, 4) is 0 Å². The van der Waals surface area contributed by atoms with Crippen LogP contribution < -0.4 is 4.40 Å². The molecule has 0 aromatic carbocycles. The number of pyridine rings is 1. The van der Waals surface area contributed by atoms with E-state index in [1.54, 1.807) is 6.26 Å². The predicted molar refractivity (Wildman–Crippen MR) is 47.5 cm³/mol. The Labute approximate surface area is 81.4 Å². The van der Waals surface area contributed by atoms with Gasteiger partial charge in [-0.3, -0.25) is 0 Å². The molecule has 2 aromatic heterocycles. The van der Waals surface area contributed by atoms with Gasteiger partial charge in [-0.25, -0.2) is 8.42 Å². The van der Waals surface area contributed by atoms with Crippen LogP contribution in [0.3, 0.4) is 0 Å². The van der Waals surface area contributed by atoms with Crippen molar-refractivity contribution in [1.82, 2.24) is 0 Å². The van der Waals surface area contributed by atoms with E-state index >= 15 is 0 Å². The van der Waals surface area contributed by atoms with E-state index in [0.29, 0.717) is 6.26 Å². The van der Waals surface area contributed by atoms with Crippen molar-refractivity contribution in [2.45, 2.75) is 0 Å². The Balaban J connectivity index is 0.000000171. The fourth-order valence-corrected chi connectivity index (χ4v) is 0.829. The molecule has 5 nitrogen and oxygen atoms in total. The number of rotatable bonds is 0. The highest BCUT2D eigenvalue weighted by molar-refractivity contribution is 7.84. The highest BCUT2D eigenvalue weighted by Crippen LogP contribution is 1.92. The maximum absolute atomic E-state index is 9.08. The molecule has 0 aliphatic rings. The molecule has 0 N–H and O–H groups in total. The van der Waals surface area contributed by atoms with Gasteiger partial charge < -0.3 is 8.97 Å². The minimum absolute atomic E-state index is 0.604. The lowest BCUT2D eigenvalue weighted by Gasteiger charge is -1.90. The smallest absolute Gasteiger partial charge is 0.378 e. The SMILES string of the molecule is CS(=O)(=O)[O-].c1cc[n+]2ccoc2c1. The van der Waals surface area contributed by atoms with Gasteiger partial charge in [-0.05, 0) is 6.07 Å². The molecule has 2 heterocycles. The molecule has 0 atom stereocenters. The Kier molecular flexibility index (Phi) is 3.21. The first-order valence-electron chi connectivity index (χ1n) is 3.71. The fourth-order valence-electron chi connectivity index (χ4n) is 0.829. The number of hydrogen-bond acceptors (Lipinski definition) is 4. The van der Waals surface area contributed by atoms with Gasteiger partial charge in [0.05, 0.1) is 16.2 Å². The number of fused-ring (bicyclic) bond motifs is 1. The van der Waals surface area contributed by atoms with Gasteiger partial charge in [-0.1, -0.05) is 0 Å². The van der Waals surface area contributed by atoms with Crippen LogP contribution in [0, 0.1) is 0 Å². The van der Waals surface area contributed by atoms with Crippen LogP contribution in [0.15, 0.2) is 41.3 Å². The zero-order chi connectivity index (χ0) is 10.6. The predicted octanol–water partition coefficient (Wildman–Crippen LogP) is 0.180. The van der Waals surface area contributed by atoms with Gasteiger partial charge in [0.2, 0.25) is 6.20 Å². The maximum atomic E-state index is 9.08. The molecule has 6 heteroatoms. The molecule has 0 spiro atoms. The molecule has 2 aromatic rings. The van der Waals surface area contributed by atoms with E-state index in [2.05, 4.69) is 0 Å². The molecule has 0 radical (unpaired) electrons. The average molecular weight is 215 g/mol. The molecule has 76 valence electrons. The first-order valence-corrected chi connectivity index (χ1v) is 5.53. The molecule has 0 unspecified atom stereocenters. The monoisotopic (exact) mass is 215 g/mol. The van der Waals surface area contributed by atoms with E-state index in [4.69, 9.17) is 17.4 Å². The van der Waals surface area contributed by atoms with Crippen LogP contribution in [0.4, 0.5) is 0 Å². The van der Waals surface area contributed by atoms with Gasteiger partial charge in [0.25, 0.3) is 0 Å². The normalized spacial score (nSPS) is 10.7. The third kappa shape index (κ3) is 4.01. The summed E-state index contributed by atoms with van der Waals surface area (Å²) in [7, 11) is -3.92. The zero-order valence-corrected chi connectivity index (χ0v) is 8.27. The highest BCUT2D eigenvalue weighted by atomic mass is 32.2. The molecule has 14 heavy (non-hydrogen) atoms. The van der Waals surface area contributed by atoms with E-state index < -0.39 is 10.1 Å². The van der Waals surface area contributed by atoms with E-state index in [9.17, 15) is 0 Å². The number of nitrogens with zero attached hydrogens (tertiary/aromatic N) is 1. The quantitative estimate of drug-likeness (QED) is 0.464. The van der Waals surface area contributed by atoms with E-state index in [1.165, 1.54) is 0 Å². The van der Waals surface area contributed by atoms with Gasteiger partial charge in [0.1, 0.15) is 0 Å². The van der Waals surface area contributed by atoms with Crippen molar-refractivity contribution in [3.63, 3.8) is 0 Å². The molecule has 0 saturated carbocycles. The van der Waals surface area contributed by atoms with Crippen molar-refractivity contribution in [3.05, 3.63) is 36.9 Å². The molecule has 0 amide bonds. The summed E-state index contributed by atoms with van der Waals surface area (Å²) in [5, 5.41) is 0. The van der Waals surface area contributed by atoms with Crippen LogP contribution in [0.25, 0.3) is 5.71 Å². The second-order valence-corrected chi connectivity index (χ2v) is 3.96. The van der Waals surface area contributed by atoms with Gasteiger partial charge in [-0.2, -0.15) is 0 Å². The van der Waals surface area contributed by atoms with E-state index in [0.717, 1.165) is 5.71 Å². The summed E-state index contributed by atoms with van der Waals surface area (Å²) in [5.41, 5.74) is 0.873. The summed E-state index contributed by atoms with van der Waals surface area (Å²) in [5.74, 6) is 0. The fraction of sp³-hybridized carbons (Fsp3) is 0.125. The molecular weight excluding hydrogens is 206 g/mol. The first kappa shape index (κ1) is 10.7. The molecule has 0 saturated heterocycles. The average Bonchev–Trinajstić information content (AvgIpc) is 2.47. The van der Waals surface area contributed by atoms with Crippen LogP contribution in [0.2, 0.25) is 0 Å². The molecule has 0 aliphatic carbocycles. The Bertz CT molecular complexity index is 465. The lowest BCUT2D eigenvalue weighted by atomic mass is 10.5. The Morgan fingerprint density at radius 2 is 2.00 bits per heavy atom. The van der Waals surface area contributed by atoms with Crippen LogP contribution in [-0.2, 0) is 10.1 Å². The Morgan fingerprint density at radius 1 is 1.36 bits per heavy atom. The van der Waals surface area contributed by atoms with E-state index in [-0.39, 0.29) is 0 Å². The maximum Gasteiger partial charge on any atom is 0.378 e. The summed E-state index contributed by atoms with van der Waals surface area (Å²) >= 11 is 0. The van der Waals surface area contributed by atoms with Crippen molar-refractivity contribution >= 4 is 15.8 Å². The van der Waals surface area contributed by atoms with Crippen molar-refractivity contribution in [2.75, 3.05) is 6.26 Å². The molecule has 0 bridgehead atoms. The topological polar surface area (TPSA) is 74.4 Å². The first-order chi connectivity index (χ1) is 6.47. The minimum atomic E-state index is -3.92. The summed E-state index contributed by atoms with van der Waals surface area (Å²) in [6, 6.07) is 5.82. The van der Waals surface area contributed by atoms with Crippen LogP contribution >= 0.6 is 0 Å². The second-order valence-electron chi connectivity index (χ2n) is 2.55. The van der Waals surface area contributed by atoms with Crippen LogP contribution in [0.5, 0.6) is 0 Å². The van der Waals surface area contributed by atoms with Crippen molar-refractivity contribution in [1.29, 1.82) is 0 Å². The van der Waals surface area contributed by atoms with Gasteiger partial charge in [-0.15, -0.1) is 4.40 Å². The van der Waals surface area contributed by atoms with Crippen molar-refractivity contribution < 1.29 is 21.8 Å². The molecular formula is C8H9NO4S. The highest BCUT2D eigenvalue weighted by Gasteiger charge is 1.98. The number of hydrogen-bond donors (Lipinski definition) is 0. The second kappa shape index (κ2) is 4.21. The van der Waals surface area contributed by atoms with Crippen LogP contribution in [-0.4, -0.2) is 19.2 Å². The van der Waals surface area contributed by atoms with Crippen molar-refractivity contribution in [2.24, 2.45) is 0 Å². The molecule has 2 rings (SSSR count). The van der Waals surface area contributed by atoms with Gasteiger partial charge in [0, 0.05) is 12.3 Å².